The Morgan fingerprint density at radius 1 is 1.29 bits per heavy atom. The Morgan fingerprint density at radius 2 is 2.00 bits per heavy atom. The zero-order valence-electron chi connectivity index (χ0n) is 14.1. The molecule has 0 saturated carbocycles. The van der Waals surface area contributed by atoms with E-state index in [4.69, 9.17) is 10.5 Å². The van der Waals surface area contributed by atoms with Crippen LogP contribution in [0.5, 0.6) is 5.75 Å². The first-order chi connectivity index (χ1) is 11.0. The van der Waals surface area contributed by atoms with Crippen molar-refractivity contribution < 1.29 is 14.3 Å². The summed E-state index contributed by atoms with van der Waals surface area (Å²) in [5, 5.41) is 5.44. The molecule has 0 aliphatic carbocycles. The molecule has 0 radical (unpaired) electrons. The average Bonchev–Trinajstić information content (AvgIpc) is 2.56. The second kappa shape index (κ2) is 9.49. The van der Waals surface area contributed by atoms with Crippen molar-refractivity contribution in [2.24, 2.45) is 11.7 Å². The lowest BCUT2D eigenvalue weighted by Crippen LogP contribution is -2.47. The molecule has 2 rings (SSSR count). The predicted molar refractivity (Wildman–Crippen MR) is 95.4 cm³/mol. The minimum atomic E-state index is -0.592. The largest absolute Gasteiger partial charge is 0.493 e. The zero-order chi connectivity index (χ0) is 16.8. The highest BCUT2D eigenvalue weighted by Gasteiger charge is 2.22. The minimum absolute atomic E-state index is 0. The number of carbonyl (C=O) groups excluding carboxylic acids is 2. The summed E-state index contributed by atoms with van der Waals surface area (Å²) in [5.74, 6) is 0.647. The number of carbonyl (C=O) groups is 2. The molecule has 1 aliphatic rings. The number of hydrogen-bond acceptors (Lipinski definition) is 4. The Labute approximate surface area is 148 Å². The Balaban J connectivity index is 0.00000288. The van der Waals surface area contributed by atoms with E-state index >= 15 is 0 Å². The third-order valence-corrected chi connectivity index (χ3v) is 4.07. The van der Waals surface area contributed by atoms with E-state index in [0.29, 0.717) is 13.2 Å². The smallest absolute Gasteiger partial charge is 0.239 e. The fraction of sp³-hybridized carbons (Fsp3) is 0.529. The lowest BCUT2D eigenvalue weighted by atomic mass is 9.93. The number of fused-ring (bicyclic) bond motifs is 1. The quantitative estimate of drug-likeness (QED) is 0.714. The van der Waals surface area contributed by atoms with Gasteiger partial charge in [-0.05, 0) is 24.0 Å². The van der Waals surface area contributed by atoms with Gasteiger partial charge in [-0.2, -0.15) is 0 Å². The normalized spacial score (nSPS) is 17.1. The summed E-state index contributed by atoms with van der Waals surface area (Å²) in [6, 6.07) is 7.28. The molecule has 1 heterocycles. The molecule has 4 N–H and O–H groups in total. The first kappa shape index (κ1) is 20.3. The topological polar surface area (TPSA) is 93.5 Å². The fourth-order valence-electron chi connectivity index (χ4n) is 2.52. The molecule has 0 fully saturated rings. The van der Waals surface area contributed by atoms with Crippen LogP contribution < -0.4 is 21.1 Å². The van der Waals surface area contributed by atoms with Crippen molar-refractivity contribution in [2.45, 2.75) is 32.2 Å². The molecule has 24 heavy (non-hydrogen) atoms. The van der Waals surface area contributed by atoms with Gasteiger partial charge >= 0.3 is 0 Å². The third kappa shape index (κ3) is 5.39. The van der Waals surface area contributed by atoms with Crippen molar-refractivity contribution in [3.63, 3.8) is 0 Å². The van der Waals surface area contributed by atoms with E-state index in [2.05, 4.69) is 10.6 Å². The van der Waals surface area contributed by atoms with Crippen LogP contribution in [0.3, 0.4) is 0 Å². The van der Waals surface area contributed by atoms with Gasteiger partial charge in [0.05, 0.1) is 19.2 Å². The third-order valence-electron chi connectivity index (χ3n) is 4.07. The van der Waals surface area contributed by atoms with Crippen molar-refractivity contribution in [1.29, 1.82) is 0 Å². The molecule has 0 aromatic heterocycles. The van der Waals surface area contributed by atoms with Crippen molar-refractivity contribution in [3.8, 4) is 5.75 Å². The summed E-state index contributed by atoms with van der Waals surface area (Å²) in [7, 11) is 0. The summed E-state index contributed by atoms with van der Waals surface area (Å²) in [6.45, 7) is 4.87. The average molecular weight is 356 g/mol. The molecule has 1 aliphatic heterocycles. The highest BCUT2D eigenvalue weighted by molar-refractivity contribution is 5.87. The van der Waals surface area contributed by atoms with E-state index < -0.39 is 6.04 Å². The number of para-hydroxylation sites is 1. The van der Waals surface area contributed by atoms with Crippen molar-refractivity contribution in [1.82, 2.24) is 10.6 Å². The molecular weight excluding hydrogens is 330 g/mol. The van der Waals surface area contributed by atoms with Crippen LogP contribution in [0.25, 0.3) is 0 Å². The van der Waals surface area contributed by atoms with Crippen LogP contribution in [0.1, 0.15) is 31.7 Å². The molecule has 2 atom stereocenters. The Morgan fingerprint density at radius 3 is 2.71 bits per heavy atom. The number of nitrogens with one attached hydrogen (secondary N) is 2. The van der Waals surface area contributed by atoms with Crippen LogP contribution in [0, 0.1) is 5.92 Å². The second-order valence-electron chi connectivity index (χ2n) is 6.16. The monoisotopic (exact) mass is 355 g/mol. The summed E-state index contributed by atoms with van der Waals surface area (Å²) < 4.78 is 5.60. The minimum Gasteiger partial charge on any atom is -0.493 e. The number of rotatable bonds is 6. The van der Waals surface area contributed by atoms with Crippen LogP contribution in [-0.2, 0) is 9.59 Å². The first-order valence-electron chi connectivity index (χ1n) is 8.00. The second-order valence-corrected chi connectivity index (χ2v) is 6.16. The number of nitrogens with two attached hydrogens (primary N) is 1. The van der Waals surface area contributed by atoms with E-state index in [1.165, 1.54) is 0 Å². The van der Waals surface area contributed by atoms with Gasteiger partial charge in [0, 0.05) is 12.5 Å². The zero-order valence-corrected chi connectivity index (χ0v) is 14.9. The number of benzene rings is 1. The molecule has 1 aromatic carbocycles. The Bertz CT molecular complexity index is 566. The molecular formula is C17H26ClN3O3. The van der Waals surface area contributed by atoms with Gasteiger partial charge in [0.2, 0.25) is 11.8 Å². The van der Waals surface area contributed by atoms with Gasteiger partial charge < -0.3 is 21.1 Å². The maximum Gasteiger partial charge on any atom is 0.239 e. The lowest BCUT2D eigenvalue weighted by Gasteiger charge is -2.26. The highest BCUT2D eigenvalue weighted by Crippen LogP contribution is 2.32. The number of ether oxygens (including phenoxy) is 1. The molecule has 0 saturated heterocycles. The van der Waals surface area contributed by atoms with Crippen LogP contribution in [-0.4, -0.2) is 37.6 Å². The standard InChI is InChI=1S/C17H25N3O3.ClH/c1-11(2)16(18)17(22)20-10-15(21)19-9-12-7-8-23-14-6-4-3-5-13(12)14;/h3-6,11-12,16H,7-10,18H2,1-2H3,(H,19,21)(H,20,22);1H/t12?,16-;/m0./s1. The van der Waals surface area contributed by atoms with Crippen molar-refractivity contribution in [3.05, 3.63) is 29.8 Å². The molecule has 134 valence electrons. The predicted octanol–water partition coefficient (Wildman–Crippen LogP) is 1.19. The molecule has 1 aromatic rings. The van der Waals surface area contributed by atoms with Gasteiger partial charge in [-0.25, -0.2) is 0 Å². The Hall–Kier alpha value is -1.79. The van der Waals surface area contributed by atoms with E-state index in [-0.39, 0.29) is 42.6 Å². The maximum atomic E-state index is 11.9. The van der Waals surface area contributed by atoms with Crippen LogP contribution in [0.4, 0.5) is 0 Å². The van der Waals surface area contributed by atoms with Crippen LogP contribution in [0.2, 0.25) is 0 Å². The summed E-state index contributed by atoms with van der Waals surface area (Å²) in [4.78, 5) is 23.6. The summed E-state index contributed by atoms with van der Waals surface area (Å²) in [6.07, 6.45) is 0.863. The lowest BCUT2D eigenvalue weighted by molar-refractivity contribution is -0.127. The maximum absolute atomic E-state index is 11.9. The Kier molecular flexibility index (Phi) is 8.01. The summed E-state index contributed by atoms with van der Waals surface area (Å²) in [5.41, 5.74) is 6.85. The van der Waals surface area contributed by atoms with Gasteiger partial charge in [-0.1, -0.05) is 32.0 Å². The molecule has 2 amide bonds. The number of halogens is 1. The van der Waals surface area contributed by atoms with E-state index in [1.54, 1.807) is 0 Å². The summed E-state index contributed by atoms with van der Waals surface area (Å²) >= 11 is 0. The molecule has 7 heteroatoms. The van der Waals surface area contributed by atoms with Gasteiger partial charge in [0.15, 0.2) is 0 Å². The van der Waals surface area contributed by atoms with Crippen LogP contribution >= 0.6 is 12.4 Å². The first-order valence-corrected chi connectivity index (χ1v) is 8.00. The van der Waals surface area contributed by atoms with E-state index in [1.807, 2.05) is 38.1 Å². The van der Waals surface area contributed by atoms with Crippen molar-refractivity contribution >= 4 is 24.2 Å². The SMILES string of the molecule is CC(C)[C@H](N)C(=O)NCC(=O)NCC1CCOc2ccccc21.Cl. The van der Waals surface area contributed by atoms with E-state index in [0.717, 1.165) is 17.7 Å². The molecule has 0 spiro atoms. The van der Waals surface area contributed by atoms with Gasteiger partial charge in [-0.15, -0.1) is 12.4 Å². The van der Waals surface area contributed by atoms with E-state index in [9.17, 15) is 9.59 Å². The van der Waals surface area contributed by atoms with Gasteiger partial charge in [-0.3, -0.25) is 9.59 Å². The van der Waals surface area contributed by atoms with Gasteiger partial charge in [0.25, 0.3) is 0 Å². The fourth-order valence-corrected chi connectivity index (χ4v) is 2.52. The van der Waals surface area contributed by atoms with Crippen LogP contribution in [0.15, 0.2) is 24.3 Å². The van der Waals surface area contributed by atoms with Crippen molar-refractivity contribution in [2.75, 3.05) is 19.7 Å². The number of hydrogen-bond donors (Lipinski definition) is 3. The number of amides is 2. The highest BCUT2D eigenvalue weighted by atomic mass is 35.5. The molecule has 1 unspecified atom stereocenters. The molecule has 6 nitrogen and oxygen atoms in total. The molecule has 0 bridgehead atoms. The van der Waals surface area contributed by atoms with Gasteiger partial charge in [0.1, 0.15) is 5.75 Å².